The highest BCUT2D eigenvalue weighted by Gasteiger charge is 2.30. The van der Waals surface area contributed by atoms with Crippen LogP contribution in [0.3, 0.4) is 0 Å². The van der Waals surface area contributed by atoms with Gasteiger partial charge in [-0.2, -0.15) is 0 Å². The fourth-order valence-corrected chi connectivity index (χ4v) is 3.96. The van der Waals surface area contributed by atoms with E-state index in [1.54, 1.807) is 4.90 Å². The third kappa shape index (κ3) is 2.94. The van der Waals surface area contributed by atoms with Crippen LogP contribution >= 0.6 is 0 Å². The first-order valence-corrected chi connectivity index (χ1v) is 9.18. The van der Waals surface area contributed by atoms with Crippen molar-refractivity contribution in [1.29, 1.82) is 0 Å². The number of fused-ring (bicyclic) bond motifs is 1. The Labute approximate surface area is 153 Å². The number of amides is 2. The van der Waals surface area contributed by atoms with E-state index in [4.69, 9.17) is 0 Å². The molecular formula is C21H23N3O2. The molecule has 0 radical (unpaired) electrons. The number of rotatable bonds is 4. The van der Waals surface area contributed by atoms with Crippen molar-refractivity contribution in [3.8, 4) is 0 Å². The van der Waals surface area contributed by atoms with E-state index in [0.29, 0.717) is 6.42 Å². The van der Waals surface area contributed by atoms with Gasteiger partial charge < -0.3 is 15.1 Å². The summed E-state index contributed by atoms with van der Waals surface area (Å²) in [6.45, 7) is 3.02. The minimum Gasteiger partial charge on any atom is -0.374 e. The lowest BCUT2D eigenvalue weighted by Crippen LogP contribution is -2.39. The van der Waals surface area contributed by atoms with Crippen molar-refractivity contribution >= 4 is 28.9 Å². The lowest BCUT2D eigenvalue weighted by atomic mass is 10.1. The van der Waals surface area contributed by atoms with Crippen LogP contribution in [0.15, 0.2) is 48.5 Å². The molecule has 2 aromatic rings. The molecule has 0 spiro atoms. The SMILES string of the molecule is CC1Cc2ccccc2N1C(=O)CNc1ccccc1N1CCCC1=O. The second kappa shape index (κ2) is 6.83. The Balaban J connectivity index is 1.50. The largest absolute Gasteiger partial charge is 0.374 e. The molecule has 2 heterocycles. The highest BCUT2D eigenvalue weighted by atomic mass is 16.2. The summed E-state index contributed by atoms with van der Waals surface area (Å²) in [5.41, 5.74) is 3.92. The molecular weight excluding hydrogens is 326 g/mol. The van der Waals surface area contributed by atoms with Crippen molar-refractivity contribution in [2.24, 2.45) is 0 Å². The van der Waals surface area contributed by atoms with Crippen molar-refractivity contribution in [3.63, 3.8) is 0 Å². The number of para-hydroxylation sites is 3. The van der Waals surface area contributed by atoms with Gasteiger partial charge in [-0.3, -0.25) is 9.59 Å². The summed E-state index contributed by atoms with van der Waals surface area (Å²) in [7, 11) is 0. The van der Waals surface area contributed by atoms with Gasteiger partial charge in [0.1, 0.15) is 0 Å². The molecule has 0 aliphatic carbocycles. The molecule has 1 N–H and O–H groups in total. The van der Waals surface area contributed by atoms with Crippen molar-refractivity contribution in [2.45, 2.75) is 32.2 Å². The maximum atomic E-state index is 12.9. The molecule has 0 aromatic heterocycles. The topological polar surface area (TPSA) is 52.7 Å². The number of carbonyl (C=O) groups excluding carboxylic acids is 2. The van der Waals surface area contributed by atoms with Crippen LogP contribution in [0.5, 0.6) is 0 Å². The molecule has 1 fully saturated rings. The predicted octanol–water partition coefficient (Wildman–Crippen LogP) is 3.20. The highest BCUT2D eigenvalue weighted by molar-refractivity contribution is 6.01. The molecule has 1 atom stereocenters. The Morgan fingerprint density at radius 2 is 1.85 bits per heavy atom. The first kappa shape index (κ1) is 16.6. The van der Waals surface area contributed by atoms with E-state index in [1.165, 1.54) is 5.56 Å². The van der Waals surface area contributed by atoms with Gasteiger partial charge in [0, 0.05) is 24.7 Å². The van der Waals surface area contributed by atoms with E-state index in [1.807, 2.05) is 47.4 Å². The van der Waals surface area contributed by atoms with Gasteiger partial charge in [0.15, 0.2) is 0 Å². The molecule has 2 amide bonds. The van der Waals surface area contributed by atoms with E-state index in [2.05, 4.69) is 18.3 Å². The first-order valence-electron chi connectivity index (χ1n) is 9.18. The summed E-state index contributed by atoms with van der Waals surface area (Å²) >= 11 is 0. The predicted molar refractivity (Wildman–Crippen MR) is 104 cm³/mol. The van der Waals surface area contributed by atoms with Gasteiger partial charge in [0.25, 0.3) is 0 Å². The van der Waals surface area contributed by atoms with Gasteiger partial charge in [-0.1, -0.05) is 30.3 Å². The second-order valence-corrected chi connectivity index (χ2v) is 6.97. The molecule has 2 aliphatic rings. The van der Waals surface area contributed by atoms with Crippen LogP contribution in [-0.2, 0) is 16.0 Å². The minimum absolute atomic E-state index is 0.0463. The molecule has 4 rings (SSSR count). The maximum absolute atomic E-state index is 12.9. The molecule has 2 aliphatic heterocycles. The van der Waals surface area contributed by atoms with Gasteiger partial charge >= 0.3 is 0 Å². The molecule has 1 unspecified atom stereocenters. The number of hydrogen-bond acceptors (Lipinski definition) is 3. The van der Waals surface area contributed by atoms with E-state index < -0.39 is 0 Å². The van der Waals surface area contributed by atoms with Gasteiger partial charge in [-0.15, -0.1) is 0 Å². The fraction of sp³-hybridized carbons (Fsp3) is 0.333. The Morgan fingerprint density at radius 3 is 2.62 bits per heavy atom. The molecule has 0 saturated carbocycles. The van der Waals surface area contributed by atoms with Crippen LogP contribution in [0, 0.1) is 0 Å². The number of benzene rings is 2. The lowest BCUT2D eigenvalue weighted by molar-refractivity contribution is -0.117. The summed E-state index contributed by atoms with van der Waals surface area (Å²) in [6, 6.07) is 15.9. The van der Waals surface area contributed by atoms with Gasteiger partial charge in [-0.05, 0) is 43.5 Å². The van der Waals surface area contributed by atoms with Crippen LogP contribution in [0.2, 0.25) is 0 Å². The van der Waals surface area contributed by atoms with Gasteiger partial charge in [-0.25, -0.2) is 0 Å². The Hall–Kier alpha value is -2.82. The van der Waals surface area contributed by atoms with E-state index >= 15 is 0 Å². The smallest absolute Gasteiger partial charge is 0.246 e. The van der Waals surface area contributed by atoms with E-state index in [-0.39, 0.29) is 24.4 Å². The van der Waals surface area contributed by atoms with Crippen molar-refractivity contribution in [2.75, 3.05) is 28.2 Å². The average Bonchev–Trinajstić information content (AvgIpc) is 3.22. The molecule has 0 bridgehead atoms. The van der Waals surface area contributed by atoms with Crippen LogP contribution in [0.4, 0.5) is 17.1 Å². The normalized spacial score (nSPS) is 19.0. The molecule has 134 valence electrons. The summed E-state index contributed by atoms with van der Waals surface area (Å²) in [5, 5.41) is 3.25. The zero-order valence-electron chi connectivity index (χ0n) is 14.9. The molecule has 1 saturated heterocycles. The van der Waals surface area contributed by atoms with Crippen molar-refractivity contribution in [1.82, 2.24) is 0 Å². The molecule has 2 aromatic carbocycles. The van der Waals surface area contributed by atoms with E-state index in [9.17, 15) is 9.59 Å². The Morgan fingerprint density at radius 1 is 1.12 bits per heavy atom. The third-order valence-corrected chi connectivity index (χ3v) is 5.17. The summed E-state index contributed by atoms with van der Waals surface area (Å²) in [4.78, 5) is 28.6. The summed E-state index contributed by atoms with van der Waals surface area (Å²) in [6.07, 6.45) is 2.37. The van der Waals surface area contributed by atoms with Gasteiger partial charge in [0.2, 0.25) is 11.8 Å². The van der Waals surface area contributed by atoms with E-state index in [0.717, 1.165) is 36.4 Å². The standard InChI is InChI=1S/C21H23N3O2/c1-15-13-16-7-2-4-9-18(16)24(15)21(26)14-22-17-8-3-5-10-19(17)23-12-6-11-20(23)25/h2-5,7-10,15,22H,6,11-14H2,1H3. The summed E-state index contributed by atoms with van der Waals surface area (Å²) < 4.78 is 0. The van der Waals surface area contributed by atoms with Crippen LogP contribution < -0.4 is 15.1 Å². The fourth-order valence-electron chi connectivity index (χ4n) is 3.96. The molecule has 5 nitrogen and oxygen atoms in total. The zero-order valence-corrected chi connectivity index (χ0v) is 14.9. The third-order valence-electron chi connectivity index (χ3n) is 5.17. The number of anilines is 3. The van der Waals surface area contributed by atoms with Crippen LogP contribution in [0.25, 0.3) is 0 Å². The average molecular weight is 349 g/mol. The maximum Gasteiger partial charge on any atom is 0.246 e. The lowest BCUT2D eigenvalue weighted by Gasteiger charge is -2.24. The highest BCUT2D eigenvalue weighted by Crippen LogP contribution is 2.32. The number of hydrogen-bond donors (Lipinski definition) is 1. The summed E-state index contributed by atoms with van der Waals surface area (Å²) in [5.74, 6) is 0.192. The number of nitrogens with one attached hydrogen (secondary N) is 1. The molecule has 26 heavy (non-hydrogen) atoms. The monoisotopic (exact) mass is 349 g/mol. The number of carbonyl (C=O) groups is 2. The number of nitrogens with zero attached hydrogens (tertiary/aromatic N) is 2. The molecule has 5 heteroatoms. The Kier molecular flexibility index (Phi) is 4.37. The van der Waals surface area contributed by atoms with Crippen molar-refractivity contribution < 1.29 is 9.59 Å². The second-order valence-electron chi connectivity index (χ2n) is 6.97. The Bertz CT molecular complexity index is 849. The first-order chi connectivity index (χ1) is 12.6. The van der Waals surface area contributed by atoms with Crippen LogP contribution in [0.1, 0.15) is 25.3 Å². The minimum atomic E-state index is 0.0463. The quantitative estimate of drug-likeness (QED) is 0.922. The van der Waals surface area contributed by atoms with Gasteiger partial charge in [0.05, 0.1) is 17.9 Å². The van der Waals surface area contributed by atoms with Crippen LogP contribution in [-0.4, -0.2) is 30.9 Å². The zero-order chi connectivity index (χ0) is 18.1. The van der Waals surface area contributed by atoms with Crippen molar-refractivity contribution in [3.05, 3.63) is 54.1 Å².